The summed E-state index contributed by atoms with van der Waals surface area (Å²) in [5, 5.41) is 19.6. The minimum Gasteiger partial charge on any atom is -0.478 e. The Hall–Kier alpha value is -2.99. The second-order valence-corrected chi connectivity index (χ2v) is 11.1. The van der Waals surface area contributed by atoms with E-state index in [0.29, 0.717) is 17.9 Å². The summed E-state index contributed by atoms with van der Waals surface area (Å²) >= 11 is 0. The average Bonchev–Trinajstić information content (AvgIpc) is 2.86. The Balaban J connectivity index is 2.69. The summed E-state index contributed by atoms with van der Waals surface area (Å²) in [5.74, 6) is -2.01. The Kier molecular flexibility index (Phi) is 14.7. The van der Waals surface area contributed by atoms with Gasteiger partial charge in [-0.25, -0.2) is 9.59 Å². The van der Waals surface area contributed by atoms with Crippen LogP contribution in [0.4, 0.5) is 0 Å². The number of ketones is 1. The van der Waals surface area contributed by atoms with E-state index < -0.39 is 18.0 Å². The van der Waals surface area contributed by atoms with Crippen molar-refractivity contribution >= 4 is 17.7 Å². The molecule has 1 aliphatic rings. The van der Waals surface area contributed by atoms with Gasteiger partial charge in [-0.1, -0.05) is 94.7 Å². The van der Waals surface area contributed by atoms with Crippen LogP contribution >= 0.6 is 0 Å². The predicted molar refractivity (Wildman–Crippen MR) is 157 cm³/mol. The number of rotatable bonds is 15. The van der Waals surface area contributed by atoms with Crippen LogP contribution in [0.25, 0.3) is 0 Å². The Bertz CT molecular complexity index is 1020. The molecule has 0 saturated carbocycles. The molecule has 0 unspecified atom stereocenters. The number of carbonyl (C=O) groups is 3. The first-order valence-corrected chi connectivity index (χ1v) is 14.0. The molecule has 0 amide bonds. The molecule has 2 N–H and O–H groups in total. The zero-order valence-electron chi connectivity index (χ0n) is 24.9. The van der Waals surface area contributed by atoms with E-state index in [9.17, 15) is 19.5 Å². The van der Waals surface area contributed by atoms with E-state index in [2.05, 4.69) is 26.0 Å². The first kappa shape index (κ1) is 34.0. The topological polar surface area (TPSA) is 101 Å². The van der Waals surface area contributed by atoms with Crippen molar-refractivity contribution < 1.29 is 29.3 Å². The summed E-state index contributed by atoms with van der Waals surface area (Å²) in [4.78, 5) is 35.3. The fourth-order valence-corrected chi connectivity index (χ4v) is 4.75. The van der Waals surface area contributed by atoms with Gasteiger partial charge in [0.15, 0.2) is 0 Å². The SMILES string of the molecule is CCC(=C/[C@H](C)C/C=C/C(C)=C/[C@@H](C)C(=O)[C@@H](C)[C@H](O)[C@@H](C)C/C(C)=C/C(=O)O)/C=C/[C@H]1OC(=O)C=C[C@@H]1C. The molecule has 1 rings (SSSR count). The van der Waals surface area contributed by atoms with Gasteiger partial charge in [-0.15, -0.1) is 0 Å². The lowest BCUT2D eigenvalue weighted by Crippen LogP contribution is -2.34. The largest absolute Gasteiger partial charge is 0.478 e. The van der Waals surface area contributed by atoms with Gasteiger partial charge in [0, 0.05) is 29.9 Å². The van der Waals surface area contributed by atoms with Gasteiger partial charge < -0.3 is 14.9 Å². The monoisotopic (exact) mass is 540 g/mol. The number of carboxylic acids is 1. The van der Waals surface area contributed by atoms with Crippen molar-refractivity contribution in [2.24, 2.45) is 29.6 Å². The average molecular weight is 541 g/mol. The van der Waals surface area contributed by atoms with Crippen LogP contribution in [-0.2, 0) is 19.1 Å². The van der Waals surface area contributed by atoms with Crippen LogP contribution in [0.2, 0.25) is 0 Å². The van der Waals surface area contributed by atoms with E-state index in [-0.39, 0.29) is 35.6 Å². The number of allylic oxidation sites excluding steroid dienone is 8. The molecular formula is C33H48O6. The van der Waals surface area contributed by atoms with E-state index in [1.807, 2.05) is 58.1 Å². The standard InChI is InChI=1S/C33H48O6/c1-9-28(14-15-29-24(5)13-16-31(36)39-29)19-22(3)12-10-11-21(2)17-25(6)32(37)27(8)33(38)26(7)18-23(4)20-30(34)35/h10-11,13-17,19-20,22,24-27,29,33,38H,9,12,18H2,1-8H3,(H,34,35)/b11-10+,15-14+,21-17+,23-20+,28-19-/t22-,24+,25-,26+,27-,29-,33-/m1/s1. The highest BCUT2D eigenvalue weighted by Gasteiger charge is 2.29. The molecule has 216 valence electrons. The first-order chi connectivity index (χ1) is 18.2. The molecule has 1 aliphatic heterocycles. The van der Waals surface area contributed by atoms with Crippen LogP contribution in [0, 0.1) is 29.6 Å². The van der Waals surface area contributed by atoms with Crippen LogP contribution in [0.3, 0.4) is 0 Å². The number of hydrogen-bond donors (Lipinski definition) is 2. The van der Waals surface area contributed by atoms with Crippen LogP contribution in [-0.4, -0.2) is 40.1 Å². The maximum atomic E-state index is 13.0. The van der Waals surface area contributed by atoms with Gasteiger partial charge in [-0.2, -0.15) is 0 Å². The van der Waals surface area contributed by atoms with E-state index in [0.717, 1.165) is 24.5 Å². The molecule has 6 nitrogen and oxygen atoms in total. The lowest BCUT2D eigenvalue weighted by atomic mass is 9.83. The smallest absolute Gasteiger partial charge is 0.331 e. The number of carboxylic acid groups (broad SMARTS) is 1. The zero-order valence-corrected chi connectivity index (χ0v) is 24.9. The van der Waals surface area contributed by atoms with Crippen molar-refractivity contribution in [3.05, 3.63) is 71.4 Å². The fraction of sp³-hybridized carbons (Fsp3) is 0.545. The van der Waals surface area contributed by atoms with Crippen molar-refractivity contribution in [2.75, 3.05) is 0 Å². The van der Waals surface area contributed by atoms with Crippen LogP contribution in [0.15, 0.2) is 71.4 Å². The summed E-state index contributed by atoms with van der Waals surface area (Å²) in [6.45, 7) is 15.4. The van der Waals surface area contributed by atoms with Crippen LogP contribution < -0.4 is 0 Å². The quantitative estimate of drug-likeness (QED) is 0.135. The number of aliphatic hydroxyl groups is 1. The number of Topliss-reactive ketones (excluding diaryl/α,β-unsaturated/α-hetero) is 1. The number of hydrogen-bond acceptors (Lipinski definition) is 5. The van der Waals surface area contributed by atoms with Crippen molar-refractivity contribution in [2.45, 2.75) is 86.9 Å². The summed E-state index contributed by atoms with van der Waals surface area (Å²) in [7, 11) is 0. The summed E-state index contributed by atoms with van der Waals surface area (Å²) in [6, 6.07) is 0. The van der Waals surface area contributed by atoms with Gasteiger partial charge in [-0.3, -0.25) is 4.79 Å². The van der Waals surface area contributed by atoms with Gasteiger partial charge in [0.1, 0.15) is 11.9 Å². The molecular weight excluding hydrogens is 492 g/mol. The highest BCUT2D eigenvalue weighted by molar-refractivity contribution is 5.85. The number of aliphatic carboxylic acids is 1. The molecule has 0 bridgehead atoms. The highest BCUT2D eigenvalue weighted by atomic mass is 16.5. The van der Waals surface area contributed by atoms with Crippen LogP contribution in [0.1, 0.15) is 74.7 Å². The highest BCUT2D eigenvalue weighted by Crippen LogP contribution is 2.24. The number of esters is 1. The van der Waals surface area contributed by atoms with E-state index >= 15 is 0 Å². The third kappa shape index (κ3) is 12.6. The molecule has 0 fully saturated rings. The number of aliphatic hydroxyl groups excluding tert-OH is 1. The maximum Gasteiger partial charge on any atom is 0.331 e. The Morgan fingerprint density at radius 1 is 1.10 bits per heavy atom. The molecule has 0 radical (unpaired) electrons. The van der Waals surface area contributed by atoms with E-state index in [4.69, 9.17) is 9.84 Å². The molecule has 1 heterocycles. The summed E-state index contributed by atoms with van der Waals surface area (Å²) in [5.41, 5.74) is 2.84. The zero-order chi connectivity index (χ0) is 29.7. The molecule has 39 heavy (non-hydrogen) atoms. The number of carbonyl (C=O) groups excluding carboxylic acids is 2. The molecule has 7 atom stereocenters. The Morgan fingerprint density at radius 2 is 1.77 bits per heavy atom. The summed E-state index contributed by atoms with van der Waals surface area (Å²) in [6.07, 6.45) is 17.8. The Labute approximate surface area is 234 Å². The molecule has 0 aromatic heterocycles. The molecule has 0 aromatic carbocycles. The fourth-order valence-electron chi connectivity index (χ4n) is 4.75. The molecule has 6 heteroatoms. The van der Waals surface area contributed by atoms with E-state index in [1.54, 1.807) is 13.8 Å². The minimum atomic E-state index is -1.01. The number of cyclic esters (lactones) is 1. The van der Waals surface area contributed by atoms with E-state index in [1.165, 1.54) is 11.6 Å². The minimum absolute atomic E-state index is 0.0360. The van der Waals surface area contributed by atoms with Crippen LogP contribution in [0.5, 0.6) is 0 Å². The van der Waals surface area contributed by atoms with Gasteiger partial charge in [0.25, 0.3) is 0 Å². The molecule has 0 saturated heterocycles. The normalized spacial score (nSPS) is 23.0. The summed E-state index contributed by atoms with van der Waals surface area (Å²) < 4.78 is 5.39. The van der Waals surface area contributed by atoms with Crippen molar-refractivity contribution in [3.63, 3.8) is 0 Å². The van der Waals surface area contributed by atoms with Crippen molar-refractivity contribution in [3.8, 4) is 0 Å². The molecule has 0 aromatic rings. The lowest BCUT2D eigenvalue weighted by Gasteiger charge is -2.25. The second kappa shape index (κ2) is 16.9. The second-order valence-electron chi connectivity index (χ2n) is 11.1. The molecule has 0 aliphatic carbocycles. The molecule has 0 spiro atoms. The first-order valence-electron chi connectivity index (χ1n) is 14.0. The van der Waals surface area contributed by atoms with Gasteiger partial charge in [-0.05, 0) is 51.0 Å². The Morgan fingerprint density at radius 3 is 2.38 bits per heavy atom. The number of ether oxygens (including phenoxy) is 1. The lowest BCUT2D eigenvalue weighted by molar-refractivity contribution is -0.143. The van der Waals surface area contributed by atoms with Crippen molar-refractivity contribution in [1.82, 2.24) is 0 Å². The van der Waals surface area contributed by atoms with Gasteiger partial charge in [0.2, 0.25) is 0 Å². The third-order valence-electron chi connectivity index (χ3n) is 7.12. The van der Waals surface area contributed by atoms with Crippen molar-refractivity contribution in [1.29, 1.82) is 0 Å². The van der Waals surface area contributed by atoms with Gasteiger partial charge in [0.05, 0.1) is 6.10 Å². The third-order valence-corrected chi connectivity index (χ3v) is 7.12. The maximum absolute atomic E-state index is 13.0. The van der Waals surface area contributed by atoms with Gasteiger partial charge >= 0.3 is 11.9 Å². The predicted octanol–water partition coefficient (Wildman–Crippen LogP) is 6.78.